The Balaban J connectivity index is 1.86. The molecule has 0 aromatic carbocycles. The second kappa shape index (κ2) is 9.20. The highest BCUT2D eigenvalue weighted by atomic mass is 19.3. The summed E-state index contributed by atoms with van der Waals surface area (Å²) in [7, 11) is 0. The third-order valence-electron chi connectivity index (χ3n) is 7.28. The van der Waals surface area contributed by atoms with Gasteiger partial charge in [0.1, 0.15) is 0 Å². The molecule has 2 fully saturated rings. The van der Waals surface area contributed by atoms with Crippen molar-refractivity contribution < 1.29 is 17.6 Å². The first-order chi connectivity index (χ1) is 12.8. The summed E-state index contributed by atoms with van der Waals surface area (Å²) in [6.07, 6.45) is 2.63. The fraction of sp³-hybridized carbons (Fsp3) is 1.00. The smallest absolute Gasteiger partial charge is 0.295 e. The van der Waals surface area contributed by atoms with E-state index < -0.39 is 17.9 Å². The molecule has 2 saturated heterocycles. The van der Waals surface area contributed by atoms with Crippen molar-refractivity contribution in [2.45, 2.75) is 97.7 Å². The number of hydrogen-bond acceptors (Lipinski definition) is 2. The molecule has 2 aliphatic heterocycles. The Hall–Kier alpha value is -0.360. The Morgan fingerprint density at radius 1 is 0.821 bits per heavy atom. The molecule has 0 bridgehead atoms. The molecule has 2 aliphatic rings. The fourth-order valence-electron chi connectivity index (χ4n) is 5.21. The Bertz CT molecular complexity index is 495. The Labute approximate surface area is 169 Å². The van der Waals surface area contributed by atoms with Crippen molar-refractivity contribution in [3.05, 3.63) is 0 Å². The molecule has 2 heterocycles. The van der Waals surface area contributed by atoms with Gasteiger partial charge in [-0.1, -0.05) is 20.3 Å². The summed E-state index contributed by atoms with van der Waals surface area (Å²) in [6.45, 7) is 12.5. The van der Waals surface area contributed by atoms with Crippen LogP contribution in [0.3, 0.4) is 0 Å². The summed E-state index contributed by atoms with van der Waals surface area (Å²) in [5.74, 6) is -3.23. The molecule has 0 aliphatic carbocycles. The predicted octanol–water partition coefficient (Wildman–Crippen LogP) is 6.12. The van der Waals surface area contributed by atoms with E-state index in [-0.39, 0.29) is 42.8 Å². The van der Waals surface area contributed by atoms with E-state index in [2.05, 4.69) is 0 Å². The topological polar surface area (TPSA) is 6.48 Å². The van der Waals surface area contributed by atoms with Crippen molar-refractivity contribution in [2.24, 2.45) is 23.7 Å². The molecule has 0 amide bonds. The second-order valence-corrected chi connectivity index (χ2v) is 9.96. The van der Waals surface area contributed by atoms with E-state index in [1.165, 1.54) is 4.90 Å². The van der Waals surface area contributed by atoms with Crippen molar-refractivity contribution in [2.75, 3.05) is 19.6 Å². The third kappa shape index (κ3) is 5.62. The van der Waals surface area contributed by atoms with Gasteiger partial charge in [0.05, 0.1) is 6.54 Å². The van der Waals surface area contributed by atoms with E-state index in [1.807, 2.05) is 46.4 Å². The van der Waals surface area contributed by atoms with Gasteiger partial charge in [0.2, 0.25) is 0 Å². The molecule has 0 saturated carbocycles. The SMILES string of the molecule is CC(CCC(C)C1CCN(C(C)C)CC1(F)F)C1CCN(C(C)C)C(F)(F)C1. The van der Waals surface area contributed by atoms with Crippen molar-refractivity contribution in [3.8, 4) is 0 Å². The Morgan fingerprint density at radius 2 is 1.43 bits per heavy atom. The highest BCUT2D eigenvalue weighted by Crippen LogP contribution is 2.43. The van der Waals surface area contributed by atoms with E-state index >= 15 is 0 Å². The minimum absolute atomic E-state index is 0.0273. The van der Waals surface area contributed by atoms with Crippen LogP contribution in [0.1, 0.15) is 73.6 Å². The Morgan fingerprint density at radius 3 is 1.93 bits per heavy atom. The monoisotopic (exact) mass is 408 g/mol. The van der Waals surface area contributed by atoms with E-state index in [0.717, 1.165) is 19.4 Å². The van der Waals surface area contributed by atoms with Crippen LogP contribution in [0.15, 0.2) is 0 Å². The summed E-state index contributed by atoms with van der Waals surface area (Å²) in [5, 5.41) is 0. The lowest BCUT2D eigenvalue weighted by Gasteiger charge is -2.44. The maximum Gasteiger partial charge on any atom is 0.305 e. The molecular weight excluding hydrogens is 368 g/mol. The largest absolute Gasteiger partial charge is 0.305 e. The minimum Gasteiger partial charge on any atom is -0.295 e. The van der Waals surface area contributed by atoms with Gasteiger partial charge < -0.3 is 0 Å². The zero-order valence-corrected chi connectivity index (χ0v) is 18.5. The molecule has 0 aromatic rings. The Kier molecular flexibility index (Phi) is 7.85. The zero-order chi connectivity index (χ0) is 21.3. The van der Waals surface area contributed by atoms with Gasteiger partial charge in [-0.25, -0.2) is 13.7 Å². The molecular formula is C22H40F4N2. The van der Waals surface area contributed by atoms with Gasteiger partial charge in [-0.15, -0.1) is 0 Å². The van der Waals surface area contributed by atoms with E-state index in [1.54, 1.807) is 0 Å². The minimum atomic E-state index is -2.76. The molecule has 0 aromatic heterocycles. The third-order valence-corrected chi connectivity index (χ3v) is 7.28. The van der Waals surface area contributed by atoms with E-state index in [9.17, 15) is 17.6 Å². The molecule has 4 atom stereocenters. The van der Waals surface area contributed by atoms with Gasteiger partial charge in [0.25, 0.3) is 5.92 Å². The van der Waals surface area contributed by atoms with Crippen LogP contribution in [0.4, 0.5) is 17.6 Å². The summed E-state index contributed by atoms with van der Waals surface area (Å²) in [4.78, 5) is 3.15. The van der Waals surface area contributed by atoms with Crippen LogP contribution in [-0.4, -0.2) is 53.5 Å². The fourth-order valence-corrected chi connectivity index (χ4v) is 5.21. The van der Waals surface area contributed by atoms with Crippen LogP contribution in [0.2, 0.25) is 0 Å². The van der Waals surface area contributed by atoms with Gasteiger partial charge in [-0.3, -0.25) is 4.90 Å². The standard InChI is InChI=1S/C22H40F4N2/c1-15(2)27-11-10-20(21(23,24)14-27)18(6)8-7-17(5)19-9-12-28(16(3)4)22(25,26)13-19/h15-20H,7-14H2,1-6H3. The van der Waals surface area contributed by atoms with Crippen LogP contribution in [0, 0.1) is 23.7 Å². The number of rotatable bonds is 7. The highest BCUT2D eigenvalue weighted by Gasteiger charge is 2.48. The number of piperidine rings is 2. The average molecular weight is 409 g/mol. The first kappa shape index (κ1) is 23.9. The zero-order valence-electron chi connectivity index (χ0n) is 18.5. The number of halogens is 4. The molecule has 4 unspecified atom stereocenters. The van der Waals surface area contributed by atoms with Crippen LogP contribution in [0.25, 0.3) is 0 Å². The van der Waals surface area contributed by atoms with Crippen molar-refractivity contribution in [3.63, 3.8) is 0 Å². The lowest BCUT2D eigenvalue weighted by Crippen LogP contribution is -2.52. The van der Waals surface area contributed by atoms with Crippen molar-refractivity contribution in [1.29, 1.82) is 0 Å². The maximum absolute atomic E-state index is 14.7. The first-order valence-corrected chi connectivity index (χ1v) is 11.1. The van der Waals surface area contributed by atoms with Crippen molar-refractivity contribution >= 4 is 0 Å². The average Bonchev–Trinajstić information content (AvgIpc) is 2.56. The summed E-state index contributed by atoms with van der Waals surface area (Å²) >= 11 is 0. The number of hydrogen-bond donors (Lipinski definition) is 0. The van der Waals surface area contributed by atoms with Crippen molar-refractivity contribution in [1.82, 2.24) is 9.80 Å². The van der Waals surface area contributed by atoms with Crippen LogP contribution in [0.5, 0.6) is 0 Å². The molecule has 28 heavy (non-hydrogen) atoms. The predicted molar refractivity (Wildman–Crippen MR) is 107 cm³/mol. The molecule has 0 spiro atoms. The summed E-state index contributed by atoms with van der Waals surface area (Å²) in [5.41, 5.74) is 0. The van der Waals surface area contributed by atoms with E-state index in [4.69, 9.17) is 0 Å². The summed E-state index contributed by atoms with van der Waals surface area (Å²) < 4.78 is 58.3. The molecule has 2 nitrogen and oxygen atoms in total. The molecule has 166 valence electrons. The van der Waals surface area contributed by atoms with Gasteiger partial charge in [0, 0.05) is 31.0 Å². The number of alkyl halides is 4. The van der Waals surface area contributed by atoms with E-state index in [0.29, 0.717) is 19.4 Å². The van der Waals surface area contributed by atoms with Gasteiger partial charge >= 0.3 is 6.05 Å². The highest BCUT2D eigenvalue weighted by molar-refractivity contribution is 4.91. The molecule has 0 radical (unpaired) electrons. The molecule has 6 heteroatoms. The second-order valence-electron chi connectivity index (χ2n) is 9.96. The lowest BCUT2D eigenvalue weighted by atomic mass is 9.76. The lowest BCUT2D eigenvalue weighted by molar-refractivity contribution is -0.197. The first-order valence-electron chi connectivity index (χ1n) is 11.1. The normalized spacial score (nSPS) is 31.3. The molecule has 0 N–H and O–H groups in total. The maximum atomic E-state index is 14.7. The molecule has 2 rings (SSSR count). The van der Waals surface area contributed by atoms with Crippen LogP contribution in [-0.2, 0) is 0 Å². The number of likely N-dealkylation sites (tertiary alicyclic amines) is 2. The van der Waals surface area contributed by atoms with Gasteiger partial charge in [0.15, 0.2) is 0 Å². The van der Waals surface area contributed by atoms with Crippen LogP contribution >= 0.6 is 0 Å². The van der Waals surface area contributed by atoms with Gasteiger partial charge in [-0.05, 0) is 71.3 Å². The quantitative estimate of drug-likeness (QED) is 0.370. The van der Waals surface area contributed by atoms with Gasteiger partial charge in [-0.2, -0.15) is 8.78 Å². The van der Waals surface area contributed by atoms with Crippen LogP contribution < -0.4 is 0 Å². The summed E-state index contributed by atoms with van der Waals surface area (Å²) in [6, 6.07) is -2.78. The number of nitrogens with zero attached hydrogens (tertiary/aromatic N) is 2.